The van der Waals surface area contributed by atoms with Gasteiger partial charge in [-0.15, -0.1) is 0 Å². The minimum atomic E-state index is -0.243. The van der Waals surface area contributed by atoms with Gasteiger partial charge in [-0.25, -0.2) is 0 Å². The highest BCUT2D eigenvalue weighted by Crippen LogP contribution is 2.22. The molecule has 1 unspecified atom stereocenters. The van der Waals surface area contributed by atoms with Crippen molar-refractivity contribution in [2.75, 3.05) is 32.8 Å². The summed E-state index contributed by atoms with van der Waals surface area (Å²) >= 11 is 5.75. The van der Waals surface area contributed by atoms with Gasteiger partial charge < -0.3 is 19.9 Å². The van der Waals surface area contributed by atoms with Crippen LogP contribution in [-0.4, -0.2) is 59.7 Å². The van der Waals surface area contributed by atoms with Gasteiger partial charge in [0.25, 0.3) is 5.91 Å². The molecule has 2 fully saturated rings. The summed E-state index contributed by atoms with van der Waals surface area (Å²) in [6.45, 7) is 3.54. The van der Waals surface area contributed by atoms with Gasteiger partial charge in [0.05, 0.1) is 6.04 Å². The molecule has 2 aromatic rings. The smallest absolute Gasteiger partial charge is 0.251 e. The van der Waals surface area contributed by atoms with Crippen LogP contribution in [0.4, 0.5) is 0 Å². The normalized spacial score (nSPS) is 19.4. The Balaban J connectivity index is 1.39. The molecule has 152 valence electrons. The topological polar surface area (TPSA) is 44.8 Å². The molecule has 29 heavy (non-hydrogen) atoms. The second-order valence-corrected chi connectivity index (χ2v) is 7.90. The highest BCUT2D eigenvalue weighted by atomic mass is 32.1. The number of thiocarbonyl (C=S) groups is 1. The van der Waals surface area contributed by atoms with Crippen LogP contribution in [0.2, 0.25) is 0 Å². The number of ether oxygens (including phenoxy) is 1. The fourth-order valence-electron chi connectivity index (χ4n) is 3.97. The van der Waals surface area contributed by atoms with Crippen molar-refractivity contribution >= 4 is 23.2 Å². The fraction of sp³-hybridized carbons (Fsp3) is 0.391. The molecule has 0 aromatic heterocycles. The molecule has 2 aliphatic heterocycles. The second-order valence-electron chi connectivity index (χ2n) is 7.52. The molecule has 0 saturated carbocycles. The number of nitrogens with one attached hydrogen (secondary N) is 1. The van der Waals surface area contributed by atoms with E-state index in [9.17, 15) is 4.79 Å². The molecule has 0 aliphatic carbocycles. The zero-order chi connectivity index (χ0) is 20.1. The highest BCUT2D eigenvalue weighted by molar-refractivity contribution is 7.80. The van der Waals surface area contributed by atoms with Crippen LogP contribution >= 0.6 is 12.2 Å². The number of rotatable bonds is 4. The summed E-state index contributed by atoms with van der Waals surface area (Å²) in [6.07, 6.45) is 1.58. The third-order valence-electron chi connectivity index (χ3n) is 5.62. The van der Waals surface area contributed by atoms with Crippen molar-refractivity contribution in [2.45, 2.75) is 25.0 Å². The van der Waals surface area contributed by atoms with Gasteiger partial charge in [0.15, 0.2) is 5.11 Å². The van der Waals surface area contributed by atoms with Crippen molar-refractivity contribution in [3.05, 3.63) is 71.8 Å². The minimum Gasteiger partial charge on any atom is -0.368 e. The van der Waals surface area contributed by atoms with Crippen LogP contribution in [0.15, 0.2) is 60.7 Å². The van der Waals surface area contributed by atoms with Gasteiger partial charge in [0.2, 0.25) is 0 Å². The van der Waals surface area contributed by atoms with Gasteiger partial charge >= 0.3 is 0 Å². The van der Waals surface area contributed by atoms with E-state index in [1.54, 1.807) is 0 Å². The predicted molar refractivity (Wildman–Crippen MR) is 118 cm³/mol. The highest BCUT2D eigenvalue weighted by Gasteiger charge is 2.31. The lowest BCUT2D eigenvalue weighted by Gasteiger charge is -2.38. The van der Waals surface area contributed by atoms with Crippen LogP contribution in [-0.2, 0) is 9.53 Å². The first kappa shape index (κ1) is 19.9. The first-order valence-corrected chi connectivity index (χ1v) is 10.7. The lowest BCUT2D eigenvalue weighted by Crippen LogP contribution is -2.55. The van der Waals surface area contributed by atoms with Crippen molar-refractivity contribution in [1.29, 1.82) is 0 Å². The summed E-state index contributed by atoms with van der Waals surface area (Å²) < 4.78 is 5.55. The van der Waals surface area contributed by atoms with E-state index < -0.39 is 0 Å². The minimum absolute atomic E-state index is 0.00329. The molecule has 2 saturated heterocycles. The van der Waals surface area contributed by atoms with E-state index in [-0.39, 0.29) is 18.1 Å². The molecule has 5 nitrogen and oxygen atoms in total. The van der Waals surface area contributed by atoms with Crippen LogP contribution in [0.3, 0.4) is 0 Å². The lowest BCUT2D eigenvalue weighted by atomic mass is 9.99. The van der Waals surface area contributed by atoms with Gasteiger partial charge in [-0.2, -0.15) is 0 Å². The molecule has 4 rings (SSSR count). The molecule has 2 aromatic carbocycles. The van der Waals surface area contributed by atoms with Crippen LogP contribution in [0, 0.1) is 0 Å². The van der Waals surface area contributed by atoms with Gasteiger partial charge in [-0.1, -0.05) is 60.7 Å². The number of carbonyl (C=O) groups is 1. The fourth-order valence-corrected chi connectivity index (χ4v) is 4.27. The summed E-state index contributed by atoms with van der Waals surface area (Å²) in [7, 11) is 0. The maximum Gasteiger partial charge on any atom is 0.251 e. The molecule has 1 N–H and O–H groups in total. The summed E-state index contributed by atoms with van der Waals surface area (Å²) in [6, 6.07) is 20.7. The van der Waals surface area contributed by atoms with E-state index in [0.29, 0.717) is 19.7 Å². The zero-order valence-corrected chi connectivity index (χ0v) is 17.3. The number of hydrogen-bond donors (Lipinski definition) is 1. The van der Waals surface area contributed by atoms with Crippen LogP contribution in [0.25, 0.3) is 0 Å². The van der Waals surface area contributed by atoms with Crippen molar-refractivity contribution in [1.82, 2.24) is 15.1 Å². The Morgan fingerprint density at radius 1 is 0.931 bits per heavy atom. The number of nitrogens with zero attached hydrogens (tertiary/aromatic N) is 2. The molecule has 0 radical (unpaired) electrons. The number of hydrogen-bond acceptors (Lipinski definition) is 3. The van der Waals surface area contributed by atoms with Crippen LogP contribution in [0.5, 0.6) is 0 Å². The molecular formula is C23H27N3O2S. The van der Waals surface area contributed by atoms with Crippen molar-refractivity contribution in [2.24, 2.45) is 0 Å². The molecule has 6 heteroatoms. The summed E-state index contributed by atoms with van der Waals surface area (Å²) in [5.74, 6) is 0.132. The Bertz CT molecular complexity index is 777. The number of benzene rings is 2. The summed E-state index contributed by atoms with van der Waals surface area (Å²) in [5.41, 5.74) is 2.35. The van der Waals surface area contributed by atoms with E-state index >= 15 is 0 Å². The molecule has 1 amide bonds. The predicted octanol–water partition coefficient (Wildman–Crippen LogP) is 2.97. The van der Waals surface area contributed by atoms with Gasteiger partial charge in [-0.05, 0) is 36.2 Å². The third kappa shape index (κ3) is 4.77. The van der Waals surface area contributed by atoms with Crippen molar-refractivity contribution < 1.29 is 9.53 Å². The standard InChI is InChI=1S/C23H27N3O2S/c27-22(20-12-7-17-28-20)25-13-15-26(16-14-25)23(29)24-21(18-8-3-1-4-9-18)19-10-5-2-6-11-19/h1-6,8-11,20-21H,7,12-17H2,(H,24,29). The maximum absolute atomic E-state index is 12.6. The van der Waals surface area contributed by atoms with Crippen molar-refractivity contribution in [3.8, 4) is 0 Å². The lowest BCUT2D eigenvalue weighted by molar-refractivity contribution is -0.142. The Labute approximate surface area is 177 Å². The van der Waals surface area contributed by atoms with E-state index in [1.165, 1.54) is 11.1 Å². The Morgan fingerprint density at radius 3 is 2.00 bits per heavy atom. The monoisotopic (exact) mass is 409 g/mol. The first-order chi connectivity index (χ1) is 14.2. The first-order valence-electron chi connectivity index (χ1n) is 10.3. The zero-order valence-electron chi connectivity index (χ0n) is 16.5. The van der Waals surface area contributed by atoms with E-state index in [1.807, 2.05) is 41.3 Å². The summed E-state index contributed by atoms with van der Waals surface area (Å²) in [5, 5.41) is 4.28. The number of amides is 1. The van der Waals surface area contributed by atoms with Crippen molar-refractivity contribution in [3.63, 3.8) is 0 Å². The second kappa shape index (κ2) is 9.37. The average molecular weight is 410 g/mol. The molecule has 0 bridgehead atoms. The van der Waals surface area contributed by atoms with E-state index in [0.717, 1.165) is 31.0 Å². The van der Waals surface area contributed by atoms with Gasteiger partial charge in [0, 0.05) is 32.8 Å². The van der Waals surface area contributed by atoms with E-state index in [4.69, 9.17) is 17.0 Å². The van der Waals surface area contributed by atoms with E-state index in [2.05, 4.69) is 34.5 Å². The molecule has 2 heterocycles. The molecular weight excluding hydrogens is 382 g/mol. The Kier molecular flexibility index (Phi) is 6.42. The number of piperazine rings is 1. The SMILES string of the molecule is O=C(C1CCCO1)N1CCN(C(=S)NC(c2ccccc2)c2ccccc2)CC1. The number of carbonyl (C=O) groups excluding carboxylic acids is 1. The van der Waals surface area contributed by atoms with Crippen LogP contribution < -0.4 is 5.32 Å². The largest absolute Gasteiger partial charge is 0.368 e. The maximum atomic E-state index is 12.6. The Hall–Kier alpha value is -2.44. The van der Waals surface area contributed by atoms with Crippen LogP contribution in [0.1, 0.15) is 30.0 Å². The van der Waals surface area contributed by atoms with Gasteiger partial charge in [-0.3, -0.25) is 4.79 Å². The Morgan fingerprint density at radius 2 is 1.48 bits per heavy atom. The summed E-state index contributed by atoms with van der Waals surface area (Å²) in [4.78, 5) is 16.6. The quantitative estimate of drug-likeness (QED) is 0.787. The molecule has 2 aliphatic rings. The third-order valence-corrected chi connectivity index (χ3v) is 5.99. The molecule has 1 atom stereocenters. The average Bonchev–Trinajstić information content (AvgIpc) is 3.33. The van der Waals surface area contributed by atoms with Gasteiger partial charge in [0.1, 0.15) is 6.10 Å². The molecule has 0 spiro atoms.